The molecular formula is C30H37N3O8. The maximum absolute atomic E-state index is 12.8. The Labute approximate surface area is 239 Å². The molecule has 0 saturated carbocycles. The fourth-order valence-corrected chi connectivity index (χ4v) is 3.90. The van der Waals surface area contributed by atoms with Gasteiger partial charge in [-0.2, -0.15) is 0 Å². The van der Waals surface area contributed by atoms with Gasteiger partial charge in [0.1, 0.15) is 23.7 Å². The number of aromatic nitrogens is 2. The number of ether oxygens (including phenoxy) is 4. The minimum Gasteiger partial charge on any atom is -0.496 e. The summed E-state index contributed by atoms with van der Waals surface area (Å²) in [4.78, 5) is 34.7. The first kappa shape index (κ1) is 31.3. The Morgan fingerprint density at radius 1 is 1.05 bits per heavy atom. The van der Waals surface area contributed by atoms with Crippen LogP contribution in [-0.4, -0.2) is 76.2 Å². The monoisotopic (exact) mass is 567 g/mol. The number of carboxylic acid groups (broad SMARTS) is 1. The fraction of sp³-hybridized carbons (Fsp3) is 0.400. The summed E-state index contributed by atoms with van der Waals surface area (Å²) in [5, 5.41) is 19.4. The first-order valence-corrected chi connectivity index (χ1v) is 13.1. The molecule has 1 amide bonds. The number of carbonyl (C=O) groups excluding carboxylic acids is 1. The van der Waals surface area contributed by atoms with E-state index in [9.17, 15) is 19.8 Å². The number of para-hydroxylation sites is 1. The SMILES string of the molecule is COCCN(Cc1ccc(OCc2ccnc(-c3ccccc3OC)n2)c(CC(O)C(=O)O)c1)C(=O)OC(C)(C)C. The lowest BCUT2D eigenvalue weighted by Gasteiger charge is -2.27. The molecule has 2 aromatic carbocycles. The molecule has 0 aliphatic rings. The molecule has 0 aliphatic heterocycles. The second-order valence-electron chi connectivity index (χ2n) is 10.3. The molecule has 11 nitrogen and oxygen atoms in total. The molecule has 1 heterocycles. The van der Waals surface area contributed by atoms with Gasteiger partial charge in [-0.25, -0.2) is 19.6 Å². The van der Waals surface area contributed by atoms with Crippen molar-refractivity contribution < 1.29 is 38.7 Å². The second-order valence-corrected chi connectivity index (χ2v) is 10.3. The fourth-order valence-electron chi connectivity index (χ4n) is 3.90. The summed E-state index contributed by atoms with van der Waals surface area (Å²) < 4.78 is 22.1. The number of carbonyl (C=O) groups is 2. The number of methoxy groups -OCH3 is 2. The highest BCUT2D eigenvalue weighted by molar-refractivity contribution is 5.72. The predicted molar refractivity (Wildman–Crippen MR) is 151 cm³/mol. The molecule has 3 rings (SSSR count). The molecule has 0 fully saturated rings. The Balaban J connectivity index is 1.84. The number of amides is 1. The number of hydrogen-bond acceptors (Lipinski definition) is 9. The maximum Gasteiger partial charge on any atom is 0.410 e. The van der Waals surface area contributed by atoms with Crippen LogP contribution in [-0.2, 0) is 33.8 Å². The summed E-state index contributed by atoms with van der Waals surface area (Å²) in [7, 11) is 3.12. The standard InChI is InChI=1S/C30H37N3O8/c1-30(2,3)41-29(37)33(14-15-38-4)18-20-10-11-25(21(16-20)17-24(34)28(35)36)40-19-22-12-13-31-27(32-22)23-8-6-7-9-26(23)39-5/h6-13,16,24,34H,14-15,17-19H2,1-5H3,(H,35,36). The van der Waals surface area contributed by atoms with E-state index in [-0.39, 0.29) is 19.6 Å². The van der Waals surface area contributed by atoms with Crippen LogP contribution in [0.15, 0.2) is 54.7 Å². The van der Waals surface area contributed by atoms with Gasteiger partial charge in [-0.15, -0.1) is 0 Å². The van der Waals surface area contributed by atoms with E-state index in [4.69, 9.17) is 18.9 Å². The quantitative estimate of drug-likeness (QED) is 0.310. The highest BCUT2D eigenvalue weighted by Gasteiger charge is 2.23. The molecule has 1 aromatic heterocycles. The van der Waals surface area contributed by atoms with Gasteiger partial charge in [-0.05, 0) is 56.2 Å². The van der Waals surface area contributed by atoms with Crippen molar-refractivity contribution >= 4 is 12.1 Å². The van der Waals surface area contributed by atoms with Gasteiger partial charge >= 0.3 is 12.1 Å². The summed E-state index contributed by atoms with van der Waals surface area (Å²) in [5.74, 6) is 0.136. The van der Waals surface area contributed by atoms with Crippen molar-refractivity contribution in [3.8, 4) is 22.9 Å². The van der Waals surface area contributed by atoms with E-state index in [0.717, 1.165) is 5.56 Å². The Morgan fingerprint density at radius 2 is 1.80 bits per heavy atom. The van der Waals surface area contributed by atoms with Gasteiger partial charge in [-0.1, -0.05) is 24.3 Å². The molecule has 3 aromatic rings. The summed E-state index contributed by atoms with van der Waals surface area (Å²) in [5.41, 5.74) is 1.81. The van der Waals surface area contributed by atoms with Crippen LogP contribution >= 0.6 is 0 Å². The van der Waals surface area contributed by atoms with Gasteiger partial charge < -0.3 is 34.1 Å². The van der Waals surface area contributed by atoms with Crippen LogP contribution in [0.5, 0.6) is 11.5 Å². The van der Waals surface area contributed by atoms with Crippen molar-refractivity contribution in [1.82, 2.24) is 14.9 Å². The molecule has 41 heavy (non-hydrogen) atoms. The van der Waals surface area contributed by atoms with Gasteiger partial charge in [0.25, 0.3) is 0 Å². The number of aliphatic carboxylic acids is 1. The van der Waals surface area contributed by atoms with Crippen molar-refractivity contribution in [3.05, 3.63) is 71.5 Å². The lowest BCUT2D eigenvalue weighted by Crippen LogP contribution is -2.38. The molecule has 1 atom stereocenters. The van der Waals surface area contributed by atoms with E-state index in [2.05, 4.69) is 9.97 Å². The molecule has 0 spiro atoms. The minimum atomic E-state index is -1.64. The molecule has 0 radical (unpaired) electrons. The number of benzene rings is 2. The first-order chi connectivity index (χ1) is 19.5. The van der Waals surface area contributed by atoms with Gasteiger partial charge in [0.15, 0.2) is 11.9 Å². The van der Waals surface area contributed by atoms with Crippen molar-refractivity contribution in [2.45, 2.75) is 52.0 Å². The molecule has 2 N–H and O–H groups in total. The second kappa shape index (κ2) is 14.4. The predicted octanol–water partition coefficient (Wildman–Crippen LogP) is 4.10. The Morgan fingerprint density at radius 3 is 2.49 bits per heavy atom. The van der Waals surface area contributed by atoms with Crippen molar-refractivity contribution in [3.63, 3.8) is 0 Å². The van der Waals surface area contributed by atoms with Crippen LogP contribution in [0.3, 0.4) is 0 Å². The largest absolute Gasteiger partial charge is 0.496 e. The number of hydrogen-bond donors (Lipinski definition) is 2. The zero-order chi connectivity index (χ0) is 30.0. The van der Waals surface area contributed by atoms with E-state index in [1.165, 1.54) is 4.90 Å². The smallest absolute Gasteiger partial charge is 0.410 e. The normalized spacial score (nSPS) is 12.0. The molecule has 11 heteroatoms. The lowest BCUT2D eigenvalue weighted by atomic mass is 10.0. The number of aliphatic hydroxyl groups excluding tert-OH is 1. The average Bonchev–Trinajstić information content (AvgIpc) is 2.93. The first-order valence-electron chi connectivity index (χ1n) is 13.1. The molecular weight excluding hydrogens is 530 g/mol. The van der Waals surface area contributed by atoms with Gasteiger partial charge in [0, 0.05) is 32.8 Å². The maximum atomic E-state index is 12.8. The lowest BCUT2D eigenvalue weighted by molar-refractivity contribution is -0.146. The molecule has 0 saturated heterocycles. The number of aliphatic hydroxyl groups is 1. The topological polar surface area (TPSA) is 141 Å². The van der Waals surface area contributed by atoms with Crippen molar-refractivity contribution in [1.29, 1.82) is 0 Å². The summed E-state index contributed by atoms with van der Waals surface area (Å²) in [6.45, 7) is 6.20. The third kappa shape index (κ3) is 9.44. The van der Waals surface area contributed by atoms with Crippen LogP contribution < -0.4 is 9.47 Å². The highest BCUT2D eigenvalue weighted by atomic mass is 16.6. The van der Waals surface area contributed by atoms with Gasteiger partial charge in [0.2, 0.25) is 0 Å². The van der Waals surface area contributed by atoms with Crippen LogP contribution in [0.2, 0.25) is 0 Å². The zero-order valence-corrected chi connectivity index (χ0v) is 24.0. The van der Waals surface area contributed by atoms with Gasteiger partial charge in [0.05, 0.1) is 25.0 Å². The van der Waals surface area contributed by atoms with E-state index < -0.39 is 23.8 Å². The molecule has 0 aliphatic carbocycles. The van der Waals surface area contributed by atoms with E-state index in [0.29, 0.717) is 47.3 Å². The van der Waals surface area contributed by atoms with Crippen LogP contribution in [0.4, 0.5) is 4.79 Å². The summed E-state index contributed by atoms with van der Waals surface area (Å²) in [6.07, 6.45) is -0.716. The summed E-state index contributed by atoms with van der Waals surface area (Å²) in [6, 6.07) is 14.3. The van der Waals surface area contributed by atoms with E-state index in [1.54, 1.807) is 65.5 Å². The van der Waals surface area contributed by atoms with Crippen LogP contribution in [0, 0.1) is 0 Å². The average molecular weight is 568 g/mol. The minimum absolute atomic E-state index is 0.0675. The summed E-state index contributed by atoms with van der Waals surface area (Å²) >= 11 is 0. The Bertz CT molecular complexity index is 1330. The number of nitrogens with zero attached hydrogens (tertiary/aromatic N) is 3. The van der Waals surface area contributed by atoms with E-state index in [1.807, 2.05) is 24.3 Å². The Hall–Kier alpha value is -4.22. The van der Waals surface area contributed by atoms with Gasteiger partial charge in [-0.3, -0.25) is 0 Å². The zero-order valence-electron chi connectivity index (χ0n) is 24.0. The molecule has 1 unspecified atom stereocenters. The molecule has 0 bridgehead atoms. The highest BCUT2D eigenvalue weighted by Crippen LogP contribution is 2.28. The third-order valence-electron chi connectivity index (χ3n) is 5.85. The molecule has 220 valence electrons. The van der Waals surface area contributed by atoms with Crippen LogP contribution in [0.25, 0.3) is 11.4 Å². The van der Waals surface area contributed by atoms with E-state index >= 15 is 0 Å². The third-order valence-corrected chi connectivity index (χ3v) is 5.85. The van der Waals surface area contributed by atoms with Crippen molar-refractivity contribution in [2.75, 3.05) is 27.4 Å². The van der Waals surface area contributed by atoms with Crippen LogP contribution in [0.1, 0.15) is 37.6 Å². The number of rotatable bonds is 13. The number of carboxylic acids is 1. The Kier molecular flexibility index (Phi) is 11.0. The van der Waals surface area contributed by atoms with Crippen molar-refractivity contribution in [2.24, 2.45) is 0 Å².